The van der Waals surface area contributed by atoms with Gasteiger partial charge in [-0.05, 0) is 78.2 Å². The van der Waals surface area contributed by atoms with E-state index in [-0.39, 0.29) is 6.61 Å². The fourth-order valence-corrected chi connectivity index (χ4v) is 4.42. The molecule has 5 nitrogen and oxygen atoms in total. The van der Waals surface area contributed by atoms with Gasteiger partial charge in [0.2, 0.25) is 0 Å². The normalized spacial score (nSPS) is 13.0. The van der Waals surface area contributed by atoms with Gasteiger partial charge in [0.25, 0.3) is 0 Å². The van der Waals surface area contributed by atoms with Crippen molar-refractivity contribution < 1.29 is 5.11 Å². The summed E-state index contributed by atoms with van der Waals surface area (Å²) in [6.45, 7) is 0.0514. The Morgan fingerprint density at radius 2 is 1.27 bits per heavy atom. The lowest BCUT2D eigenvalue weighted by molar-refractivity contribution is 0.305. The Labute approximate surface area is 190 Å². The zero-order chi connectivity index (χ0) is 22.2. The van der Waals surface area contributed by atoms with E-state index >= 15 is 0 Å². The fourth-order valence-electron chi connectivity index (χ4n) is 4.42. The molecule has 0 aliphatic carbocycles. The summed E-state index contributed by atoms with van der Waals surface area (Å²) in [6.07, 6.45) is 4.52. The van der Waals surface area contributed by atoms with E-state index in [1.165, 1.54) is 0 Å². The number of benzene rings is 1. The fraction of sp³-hybridized carbons (Fsp3) is 0.0714. The van der Waals surface area contributed by atoms with Crippen molar-refractivity contribution >= 4 is 45.4 Å². The molecule has 160 valence electrons. The minimum absolute atomic E-state index is 0.0514. The van der Waals surface area contributed by atoms with E-state index in [0.29, 0.717) is 6.42 Å². The molecule has 0 atom stereocenters. The highest BCUT2D eigenvalue weighted by atomic mass is 16.3. The maximum absolute atomic E-state index is 9.86. The highest BCUT2D eigenvalue weighted by Gasteiger charge is 2.21. The average molecular weight is 431 g/mol. The van der Waals surface area contributed by atoms with Crippen molar-refractivity contribution in [1.82, 2.24) is 19.9 Å². The van der Waals surface area contributed by atoms with Gasteiger partial charge in [-0.15, -0.1) is 0 Å². The van der Waals surface area contributed by atoms with E-state index < -0.39 is 0 Å². The first-order valence-corrected chi connectivity index (χ1v) is 11.0. The molecule has 3 N–H and O–H groups in total. The van der Waals surface area contributed by atoms with Gasteiger partial charge in [0, 0.05) is 34.2 Å². The van der Waals surface area contributed by atoms with Crippen LogP contribution in [0.4, 0.5) is 0 Å². The minimum Gasteiger partial charge on any atom is -0.396 e. The Hall–Kier alpha value is -4.22. The molecule has 0 radical (unpaired) electrons. The summed E-state index contributed by atoms with van der Waals surface area (Å²) in [5.41, 5.74) is 10.6. The summed E-state index contributed by atoms with van der Waals surface area (Å²) in [5.74, 6) is 0. The van der Waals surface area contributed by atoms with Gasteiger partial charge in [-0.2, -0.15) is 0 Å². The second-order valence-corrected chi connectivity index (χ2v) is 8.19. The molecule has 3 aromatic heterocycles. The highest BCUT2D eigenvalue weighted by molar-refractivity contribution is 6.00. The van der Waals surface area contributed by atoms with Gasteiger partial charge < -0.3 is 15.1 Å². The maximum Gasteiger partial charge on any atom is 0.0739 e. The quantitative estimate of drug-likeness (QED) is 0.337. The van der Waals surface area contributed by atoms with Crippen LogP contribution in [0.2, 0.25) is 0 Å². The highest BCUT2D eigenvalue weighted by Crippen LogP contribution is 2.37. The Balaban J connectivity index is 1.69. The molecular formula is C28H22N4O. The molecule has 0 fully saturated rings. The summed E-state index contributed by atoms with van der Waals surface area (Å²) in [6, 6.07) is 26.7. The predicted octanol–water partition coefficient (Wildman–Crippen LogP) is 5.83. The standard InChI is InChI=1S/C28H22N4O/c33-13-12-25-26-16-23-10-8-21(30-23)14-19-6-7-20(29-19)15-22-9-11-24(31-22)17-27(32-26)28(25)18-4-2-1-3-5-18/h1-11,14-17,29,31,33H,12-13H2. The molecule has 0 spiro atoms. The van der Waals surface area contributed by atoms with Crippen molar-refractivity contribution in [2.24, 2.45) is 0 Å². The molecule has 5 heteroatoms. The number of rotatable bonds is 3. The molecule has 8 bridgehead atoms. The largest absolute Gasteiger partial charge is 0.396 e. The van der Waals surface area contributed by atoms with Crippen LogP contribution in [0.1, 0.15) is 34.8 Å². The third-order valence-corrected chi connectivity index (χ3v) is 5.87. The van der Waals surface area contributed by atoms with Crippen LogP contribution in [-0.2, 0) is 0 Å². The topological polar surface area (TPSA) is 77.6 Å². The van der Waals surface area contributed by atoms with Gasteiger partial charge in [-0.25, -0.2) is 9.97 Å². The van der Waals surface area contributed by atoms with Crippen LogP contribution in [-0.4, -0.2) is 31.6 Å². The zero-order valence-corrected chi connectivity index (χ0v) is 17.9. The van der Waals surface area contributed by atoms with Crippen LogP contribution < -0.4 is 0 Å². The number of aromatic nitrogens is 4. The molecule has 1 aromatic carbocycles. The van der Waals surface area contributed by atoms with E-state index in [1.807, 2.05) is 48.6 Å². The van der Waals surface area contributed by atoms with E-state index in [1.54, 1.807) is 0 Å². The van der Waals surface area contributed by atoms with E-state index in [9.17, 15) is 5.11 Å². The van der Waals surface area contributed by atoms with Crippen LogP contribution in [0.3, 0.4) is 0 Å². The SMILES string of the molecule is OCCC1=C(c2ccccc2)c2cc3ccc(cc4ccc(cc5nc(cc1n2)C=C5)[nH]4)[nH]3. The van der Waals surface area contributed by atoms with Gasteiger partial charge in [0.1, 0.15) is 0 Å². The molecule has 0 saturated heterocycles. The molecule has 0 amide bonds. The molecule has 6 rings (SSSR count). The van der Waals surface area contributed by atoms with Crippen LogP contribution in [0, 0.1) is 0 Å². The molecule has 4 aromatic rings. The van der Waals surface area contributed by atoms with E-state index in [0.717, 1.165) is 61.6 Å². The number of nitrogens with zero attached hydrogens (tertiary/aromatic N) is 2. The van der Waals surface area contributed by atoms with Crippen LogP contribution >= 0.6 is 0 Å². The molecule has 2 aliphatic rings. The molecule has 0 unspecified atom stereocenters. The molecule has 33 heavy (non-hydrogen) atoms. The van der Waals surface area contributed by atoms with Crippen LogP contribution in [0.25, 0.3) is 45.4 Å². The Kier molecular flexibility index (Phi) is 4.74. The lowest BCUT2D eigenvalue weighted by Gasteiger charge is -2.07. The van der Waals surface area contributed by atoms with Crippen molar-refractivity contribution in [3.8, 4) is 0 Å². The van der Waals surface area contributed by atoms with Crippen LogP contribution in [0.5, 0.6) is 0 Å². The monoisotopic (exact) mass is 430 g/mol. The summed E-state index contributed by atoms with van der Waals surface area (Å²) in [4.78, 5) is 16.7. The summed E-state index contributed by atoms with van der Waals surface area (Å²) in [5, 5.41) is 9.86. The summed E-state index contributed by atoms with van der Waals surface area (Å²) < 4.78 is 0. The molecule has 5 heterocycles. The Bertz CT molecular complexity index is 1570. The van der Waals surface area contributed by atoms with Gasteiger partial charge in [0.05, 0.1) is 22.8 Å². The summed E-state index contributed by atoms with van der Waals surface area (Å²) in [7, 11) is 0. The first-order valence-electron chi connectivity index (χ1n) is 11.0. The number of fused-ring (bicyclic) bond motifs is 8. The van der Waals surface area contributed by atoms with Gasteiger partial charge in [-0.3, -0.25) is 0 Å². The van der Waals surface area contributed by atoms with Gasteiger partial charge in [-0.1, -0.05) is 30.3 Å². The maximum atomic E-state index is 9.86. The number of aromatic amines is 2. The number of H-pyrrole nitrogens is 2. The smallest absolute Gasteiger partial charge is 0.0739 e. The Morgan fingerprint density at radius 3 is 1.97 bits per heavy atom. The van der Waals surface area contributed by atoms with Crippen molar-refractivity contribution in [1.29, 1.82) is 0 Å². The zero-order valence-electron chi connectivity index (χ0n) is 17.9. The van der Waals surface area contributed by atoms with Crippen molar-refractivity contribution in [2.45, 2.75) is 6.42 Å². The first kappa shape index (κ1) is 19.5. The lowest BCUT2D eigenvalue weighted by Crippen LogP contribution is -1.91. The number of aliphatic hydroxyl groups excluding tert-OH is 1. The number of hydrogen-bond acceptors (Lipinski definition) is 3. The summed E-state index contributed by atoms with van der Waals surface area (Å²) >= 11 is 0. The number of hydrogen-bond donors (Lipinski definition) is 3. The first-order chi connectivity index (χ1) is 16.2. The lowest BCUT2D eigenvalue weighted by atomic mass is 9.95. The second kappa shape index (κ2) is 8.04. The van der Waals surface area contributed by atoms with E-state index in [2.05, 4.69) is 52.4 Å². The molecular weight excluding hydrogens is 408 g/mol. The van der Waals surface area contributed by atoms with E-state index in [4.69, 9.17) is 9.97 Å². The molecule has 0 saturated carbocycles. The minimum atomic E-state index is 0.0514. The third-order valence-electron chi connectivity index (χ3n) is 5.87. The predicted molar refractivity (Wildman–Crippen MR) is 134 cm³/mol. The second-order valence-electron chi connectivity index (χ2n) is 8.19. The van der Waals surface area contributed by atoms with Gasteiger partial charge in [0.15, 0.2) is 0 Å². The van der Waals surface area contributed by atoms with Crippen molar-refractivity contribution in [2.75, 3.05) is 6.61 Å². The molecule has 2 aliphatic heterocycles. The average Bonchev–Trinajstić information content (AvgIpc) is 3.60. The van der Waals surface area contributed by atoms with Crippen molar-refractivity contribution in [3.63, 3.8) is 0 Å². The van der Waals surface area contributed by atoms with Crippen LogP contribution in [0.15, 0.2) is 78.9 Å². The van der Waals surface area contributed by atoms with Crippen molar-refractivity contribution in [3.05, 3.63) is 107 Å². The van der Waals surface area contributed by atoms with Gasteiger partial charge >= 0.3 is 0 Å². The third kappa shape index (κ3) is 3.79. The Morgan fingerprint density at radius 1 is 0.636 bits per heavy atom. The number of aliphatic hydroxyl groups is 1. The number of nitrogens with one attached hydrogen (secondary N) is 2.